The summed E-state index contributed by atoms with van der Waals surface area (Å²) < 4.78 is 92.3. The van der Waals surface area contributed by atoms with Crippen LogP contribution in [0.25, 0.3) is 0 Å². The molecule has 0 spiro atoms. The molecule has 25 heteroatoms. The van der Waals surface area contributed by atoms with E-state index in [1.807, 2.05) is 30.3 Å². The Labute approximate surface area is 486 Å². The highest BCUT2D eigenvalue weighted by Crippen LogP contribution is 2.37. The minimum atomic E-state index is -4.63. The number of alkyl halides is 6. The molecule has 0 fully saturated rings. The number of nitrogens with one attached hydrogen (secondary N) is 5. The summed E-state index contributed by atoms with van der Waals surface area (Å²) in [7, 11) is 9.87. The maximum atomic E-state index is 13.6. The standard InChI is InChI=1S/C30H32F3N5O4.C26H25F3N4O3.C4H9NO2/c1-34-29(41)26-15-25(8-9-35-26)42-24-7-6-19-4-5-20(12-21(19)13-24)28(40)37-23-11-18(10-22(14-23)30(31,32)33)16-36-27(39)17-38(2)3;1-31-25(35)23-13-22(6-7-32-23)36-21-5-4-16-2-3-17(10-18(16)11-21)24(34)33-20-9-15(14-30)8-19(12-20)26(27,28)29;1-5(2)3-4(6)7/h6-11,13-15,20H,4-5,12,16-17H2,1-3H3,(H,34,41)(H,36,39)(H,37,40);4-9,11-13,17H,2-3,10,14,30H2,1H3,(H,31,35)(H,33,34);3H2,1-2H3,(H,6,7). The quantitative estimate of drug-likeness (QED) is 0.0425. The average Bonchev–Trinajstić information content (AvgIpc) is 3.66. The Morgan fingerprint density at radius 3 is 1.39 bits per heavy atom. The number of benzene rings is 4. The van der Waals surface area contributed by atoms with Gasteiger partial charge in [-0.05, 0) is 173 Å². The number of pyridine rings is 2. The van der Waals surface area contributed by atoms with Gasteiger partial charge in [-0.1, -0.05) is 12.1 Å². The molecule has 452 valence electrons. The molecule has 6 aromatic rings. The number of hydrogen-bond acceptors (Lipinski definition) is 13. The molecule has 2 unspecified atom stereocenters. The predicted molar refractivity (Wildman–Crippen MR) is 304 cm³/mol. The van der Waals surface area contributed by atoms with Gasteiger partial charge in [-0.2, -0.15) is 26.3 Å². The van der Waals surface area contributed by atoms with Crippen molar-refractivity contribution < 1.29 is 69.7 Å². The SMILES string of the molecule is CN(C)CC(=O)O.CNC(=O)c1cc(Oc2ccc3c(c2)CC(C(=O)Nc2cc(CN)cc(C(F)(F)F)c2)CC3)ccn1.CNC(=O)c1cc(Oc2ccc3c(c2)CC(C(=O)Nc2cc(CNC(=O)CN(C)C)cc(C(F)(F)F)c2)CC3)ccn1. The summed E-state index contributed by atoms with van der Waals surface area (Å²) in [5.41, 5.74) is 8.75. The summed E-state index contributed by atoms with van der Waals surface area (Å²) in [5, 5.41) is 20.9. The number of carbonyl (C=O) groups excluding carboxylic acids is 5. The number of ether oxygens (including phenoxy) is 2. The highest BCUT2D eigenvalue weighted by Gasteiger charge is 2.34. The van der Waals surface area contributed by atoms with Crippen molar-refractivity contribution >= 4 is 46.9 Å². The van der Waals surface area contributed by atoms with Crippen LogP contribution in [0, 0.1) is 11.8 Å². The normalized spacial score (nSPS) is 14.4. The fourth-order valence-corrected chi connectivity index (χ4v) is 9.15. The Balaban J connectivity index is 0.000000247. The first-order valence-electron chi connectivity index (χ1n) is 26.7. The van der Waals surface area contributed by atoms with E-state index in [0.29, 0.717) is 61.5 Å². The van der Waals surface area contributed by atoms with Gasteiger partial charge in [-0.15, -0.1) is 0 Å². The predicted octanol–water partition coefficient (Wildman–Crippen LogP) is 8.26. The van der Waals surface area contributed by atoms with E-state index in [9.17, 15) is 55.1 Å². The van der Waals surface area contributed by atoms with Crippen molar-refractivity contribution in [1.29, 1.82) is 0 Å². The number of rotatable bonds is 17. The molecule has 85 heavy (non-hydrogen) atoms. The lowest BCUT2D eigenvalue weighted by atomic mass is 9.83. The molecule has 0 saturated heterocycles. The van der Waals surface area contributed by atoms with Crippen LogP contribution in [0.1, 0.15) is 78.3 Å². The number of aliphatic carboxylic acids is 1. The van der Waals surface area contributed by atoms with E-state index in [4.69, 9.17) is 20.3 Å². The Kier molecular flexibility index (Phi) is 22.7. The Morgan fingerprint density at radius 2 is 1.00 bits per heavy atom. The number of likely N-dealkylation sites (N-methyl/N-ethyl adjacent to an activating group) is 2. The zero-order valence-corrected chi connectivity index (χ0v) is 47.5. The molecule has 2 atom stereocenters. The lowest BCUT2D eigenvalue weighted by Crippen LogP contribution is -2.33. The van der Waals surface area contributed by atoms with E-state index in [1.165, 1.54) is 50.8 Å². The van der Waals surface area contributed by atoms with Crippen molar-refractivity contribution in [3.8, 4) is 23.0 Å². The van der Waals surface area contributed by atoms with Gasteiger partial charge in [0.15, 0.2) is 0 Å². The first-order valence-corrected chi connectivity index (χ1v) is 26.7. The summed E-state index contributed by atoms with van der Waals surface area (Å²) in [6.07, 6.45) is -3.05. The molecule has 0 saturated carbocycles. The zero-order valence-electron chi connectivity index (χ0n) is 47.5. The van der Waals surface area contributed by atoms with Crippen LogP contribution in [0.4, 0.5) is 37.7 Å². The zero-order chi connectivity index (χ0) is 62.2. The Hall–Kier alpha value is -8.94. The van der Waals surface area contributed by atoms with Gasteiger partial charge in [-0.3, -0.25) is 43.6 Å². The Bertz CT molecular complexity index is 3380. The van der Waals surface area contributed by atoms with Gasteiger partial charge in [0.2, 0.25) is 17.7 Å². The number of aryl methyl sites for hydroxylation is 2. The van der Waals surface area contributed by atoms with Crippen LogP contribution in [0.2, 0.25) is 0 Å². The minimum absolute atomic E-state index is 0.0131. The number of amides is 5. The topological polar surface area (TPSA) is 260 Å². The number of carboxylic acid groups (broad SMARTS) is 1. The highest BCUT2D eigenvalue weighted by molar-refractivity contribution is 5.95. The van der Waals surface area contributed by atoms with Crippen LogP contribution in [-0.4, -0.2) is 116 Å². The van der Waals surface area contributed by atoms with Gasteiger partial charge >= 0.3 is 18.3 Å². The molecule has 5 amide bonds. The van der Waals surface area contributed by atoms with Crippen LogP contribution >= 0.6 is 0 Å². The van der Waals surface area contributed by atoms with E-state index in [0.717, 1.165) is 46.5 Å². The maximum absolute atomic E-state index is 13.6. The second-order valence-electron chi connectivity index (χ2n) is 20.5. The lowest BCUT2D eigenvalue weighted by Gasteiger charge is -2.25. The second kappa shape index (κ2) is 29.5. The van der Waals surface area contributed by atoms with Crippen LogP contribution in [0.15, 0.2) is 109 Å². The molecular weight excluding hydrogens is 1120 g/mol. The third-order valence-corrected chi connectivity index (χ3v) is 13.2. The van der Waals surface area contributed by atoms with Gasteiger partial charge in [-0.25, -0.2) is 0 Å². The molecule has 4 aromatic carbocycles. The molecular formula is C60H66F6N10O9. The van der Waals surface area contributed by atoms with E-state index in [2.05, 4.69) is 36.6 Å². The van der Waals surface area contributed by atoms with Crippen LogP contribution in [0.3, 0.4) is 0 Å². The number of carboxylic acids is 1. The number of hydrogen-bond donors (Lipinski definition) is 7. The molecule has 0 radical (unpaired) electrons. The van der Waals surface area contributed by atoms with Gasteiger partial charge in [0.05, 0.1) is 24.2 Å². The summed E-state index contributed by atoms with van der Waals surface area (Å²) in [6.45, 7) is 0.0215. The highest BCUT2D eigenvalue weighted by atomic mass is 19.4. The van der Waals surface area contributed by atoms with Gasteiger partial charge in [0.1, 0.15) is 34.4 Å². The number of aromatic nitrogens is 2. The van der Waals surface area contributed by atoms with Crippen LogP contribution < -0.4 is 41.8 Å². The summed E-state index contributed by atoms with van der Waals surface area (Å²) in [4.78, 5) is 82.9. The maximum Gasteiger partial charge on any atom is 0.416 e. The molecule has 8 N–H and O–H groups in total. The fraction of sp³-hybridized carbons (Fsp3) is 0.333. The van der Waals surface area contributed by atoms with Crippen molar-refractivity contribution in [2.45, 2.75) is 64.0 Å². The van der Waals surface area contributed by atoms with Crippen LogP contribution in [0.5, 0.6) is 23.0 Å². The van der Waals surface area contributed by atoms with E-state index < -0.39 is 47.2 Å². The molecule has 0 bridgehead atoms. The van der Waals surface area contributed by atoms with E-state index in [-0.39, 0.29) is 83.7 Å². The molecule has 2 heterocycles. The van der Waals surface area contributed by atoms with Gasteiger partial charge < -0.3 is 51.8 Å². The molecule has 8 rings (SSSR count). The molecule has 2 aliphatic rings. The third-order valence-electron chi connectivity index (χ3n) is 13.2. The first kappa shape index (κ1) is 65.2. The molecule has 2 aliphatic carbocycles. The Morgan fingerprint density at radius 1 is 0.576 bits per heavy atom. The van der Waals surface area contributed by atoms with E-state index >= 15 is 0 Å². The van der Waals surface area contributed by atoms with Crippen molar-refractivity contribution in [2.24, 2.45) is 17.6 Å². The van der Waals surface area contributed by atoms with Gasteiger partial charge in [0.25, 0.3) is 11.8 Å². The third kappa shape index (κ3) is 19.9. The number of anilines is 2. The summed E-state index contributed by atoms with van der Waals surface area (Å²) >= 11 is 0. The number of carbonyl (C=O) groups is 6. The largest absolute Gasteiger partial charge is 0.480 e. The van der Waals surface area contributed by atoms with E-state index in [1.54, 1.807) is 56.2 Å². The number of nitrogens with zero attached hydrogens (tertiary/aromatic N) is 4. The summed E-state index contributed by atoms with van der Waals surface area (Å²) in [6, 6.07) is 24.1. The van der Waals surface area contributed by atoms with Crippen molar-refractivity contribution in [2.75, 3.05) is 66.0 Å². The number of fused-ring (bicyclic) bond motifs is 2. The summed E-state index contributed by atoms with van der Waals surface area (Å²) in [5.74, 6) is -1.50. The molecule has 2 aromatic heterocycles. The lowest BCUT2D eigenvalue weighted by molar-refractivity contribution is -0.138. The fourth-order valence-electron chi connectivity index (χ4n) is 9.15. The van der Waals surface area contributed by atoms with Crippen LogP contribution in [-0.2, 0) is 70.3 Å². The first-order chi connectivity index (χ1) is 40.2. The average molecular weight is 1190 g/mol. The second-order valence-corrected chi connectivity index (χ2v) is 20.5. The molecule has 19 nitrogen and oxygen atoms in total. The van der Waals surface area contributed by atoms with Crippen molar-refractivity contribution in [3.63, 3.8) is 0 Å². The minimum Gasteiger partial charge on any atom is -0.480 e. The number of nitrogens with two attached hydrogens (primary N) is 1. The smallest absolute Gasteiger partial charge is 0.416 e. The van der Waals surface area contributed by atoms with Crippen molar-refractivity contribution in [3.05, 3.63) is 165 Å². The van der Waals surface area contributed by atoms with Crippen molar-refractivity contribution in [1.82, 2.24) is 35.7 Å². The monoisotopic (exact) mass is 1180 g/mol. The molecule has 0 aliphatic heterocycles. The van der Waals surface area contributed by atoms with Gasteiger partial charge in [0, 0.05) is 74.9 Å². The number of halogens is 6.